The molecule has 2 fully saturated rings. The number of carboxylic acids is 1. The molecule has 0 radical (unpaired) electrons. The molecule has 0 aromatic rings. The Morgan fingerprint density at radius 3 is 2.71 bits per heavy atom. The fourth-order valence-corrected chi connectivity index (χ4v) is 4.52. The van der Waals surface area contributed by atoms with Gasteiger partial charge in [0.05, 0.1) is 18.1 Å². The molecule has 0 spiro atoms. The summed E-state index contributed by atoms with van der Waals surface area (Å²) in [5.41, 5.74) is 0. The minimum atomic E-state index is -3.04. The highest BCUT2D eigenvalue weighted by Crippen LogP contribution is 2.17. The van der Waals surface area contributed by atoms with Gasteiger partial charge in [0.15, 0.2) is 9.84 Å². The molecule has 0 saturated carbocycles. The highest BCUT2D eigenvalue weighted by molar-refractivity contribution is 7.91. The fourth-order valence-electron chi connectivity index (χ4n) is 2.75. The van der Waals surface area contributed by atoms with E-state index in [2.05, 4.69) is 5.32 Å². The van der Waals surface area contributed by atoms with Crippen molar-refractivity contribution in [3.8, 4) is 0 Å². The van der Waals surface area contributed by atoms with E-state index in [0.717, 1.165) is 0 Å². The van der Waals surface area contributed by atoms with Crippen molar-refractivity contribution in [3.05, 3.63) is 0 Å². The van der Waals surface area contributed by atoms with Crippen LogP contribution in [0.3, 0.4) is 0 Å². The maximum Gasteiger partial charge on any atom is 0.322 e. The van der Waals surface area contributed by atoms with E-state index in [1.54, 1.807) is 11.9 Å². The van der Waals surface area contributed by atoms with Crippen LogP contribution in [0.2, 0.25) is 0 Å². The van der Waals surface area contributed by atoms with Crippen LogP contribution in [0.4, 0.5) is 0 Å². The number of nitrogens with one attached hydrogen (secondary N) is 1. The number of carbonyl (C=O) groups excluding carboxylic acids is 1. The van der Waals surface area contributed by atoms with Crippen LogP contribution in [0.15, 0.2) is 0 Å². The van der Waals surface area contributed by atoms with Crippen LogP contribution in [-0.4, -0.2) is 92.0 Å². The minimum absolute atomic E-state index is 0.000839. The van der Waals surface area contributed by atoms with Crippen LogP contribution >= 0.6 is 0 Å². The molecule has 21 heavy (non-hydrogen) atoms. The number of piperazine rings is 1. The Balaban J connectivity index is 1.95. The van der Waals surface area contributed by atoms with Gasteiger partial charge in [-0.1, -0.05) is 0 Å². The van der Waals surface area contributed by atoms with E-state index < -0.39 is 21.8 Å². The molecule has 9 heteroatoms. The van der Waals surface area contributed by atoms with Crippen molar-refractivity contribution in [2.75, 3.05) is 44.7 Å². The molecule has 2 unspecified atom stereocenters. The van der Waals surface area contributed by atoms with E-state index in [0.29, 0.717) is 26.1 Å². The third-order valence-corrected chi connectivity index (χ3v) is 5.88. The molecule has 2 heterocycles. The lowest BCUT2D eigenvalue weighted by atomic mass is 10.2. The van der Waals surface area contributed by atoms with Gasteiger partial charge >= 0.3 is 5.97 Å². The zero-order valence-electron chi connectivity index (χ0n) is 12.0. The third kappa shape index (κ3) is 3.92. The Labute approximate surface area is 124 Å². The number of rotatable bonds is 4. The highest BCUT2D eigenvalue weighted by Gasteiger charge is 2.35. The molecule has 2 saturated heterocycles. The van der Waals surface area contributed by atoms with Crippen LogP contribution in [0.5, 0.6) is 0 Å². The summed E-state index contributed by atoms with van der Waals surface area (Å²) in [5, 5.41) is 12.1. The molecule has 2 aliphatic heterocycles. The van der Waals surface area contributed by atoms with Crippen molar-refractivity contribution >= 4 is 21.7 Å². The van der Waals surface area contributed by atoms with Gasteiger partial charge in [0.25, 0.3) is 0 Å². The van der Waals surface area contributed by atoms with Crippen molar-refractivity contribution in [1.82, 2.24) is 15.1 Å². The Morgan fingerprint density at radius 2 is 2.14 bits per heavy atom. The van der Waals surface area contributed by atoms with Crippen molar-refractivity contribution in [2.24, 2.45) is 0 Å². The normalized spacial score (nSPS) is 29.2. The number of amides is 1. The van der Waals surface area contributed by atoms with Crippen molar-refractivity contribution in [1.29, 1.82) is 0 Å². The Kier molecular flexibility index (Phi) is 4.84. The minimum Gasteiger partial charge on any atom is -0.480 e. The summed E-state index contributed by atoms with van der Waals surface area (Å²) in [5.74, 6) is -1.08. The predicted octanol–water partition coefficient (Wildman–Crippen LogP) is -2.01. The maximum atomic E-state index is 12.3. The van der Waals surface area contributed by atoms with Crippen molar-refractivity contribution < 1.29 is 23.1 Å². The van der Waals surface area contributed by atoms with E-state index in [4.69, 9.17) is 5.11 Å². The standard InChI is InChI=1S/C12H21N3O5S/c1-14(9-2-5-21(19,20)8-9)11(16)7-15-4-3-13-6-10(15)12(17)18/h9-10,13H,2-8H2,1H3,(H,17,18). The first-order valence-corrected chi connectivity index (χ1v) is 8.76. The Hall–Kier alpha value is -1.19. The molecule has 0 aromatic carbocycles. The summed E-state index contributed by atoms with van der Waals surface area (Å²) < 4.78 is 22.9. The zero-order chi connectivity index (χ0) is 15.6. The molecule has 120 valence electrons. The van der Waals surface area contributed by atoms with Crippen LogP contribution < -0.4 is 5.32 Å². The maximum absolute atomic E-state index is 12.3. The smallest absolute Gasteiger partial charge is 0.322 e. The lowest BCUT2D eigenvalue weighted by Crippen LogP contribution is -2.57. The van der Waals surface area contributed by atoms with Crippen molar-refractivity contribution in [2.45, 2.75) is 18.5 Å². The largest absolute Gasteiger partial charge is 0.480 e. The van der Waals surface area contributed by atoms with Gasteiger partial charge in [0.2, 0.25) is 5.91 Å². The third-order valence-electron chi connectivity index (χ3n) is 4.13. The van der Waals surface area contributed by atoms with Gasteiger partial charge in [-0.25, -0.2) is 8.42 Å². The summed E-state index contributed by atoms with van der Waals surface area (Å²) in [6.45, 7) is 1.44. The second kappa shape index (κ2) is 6.29. The first-order chi connectivity index (χ1) is 9.80. The topological polar surface area (TPSA) is 107 Å². The monoisotopic (exact) mass is 319 g/mol. The van der Waals surface area contributed by atoms with Gasteiger partial charge in [-0.3, -0.25) is 14.5 Å². The quantitative estimate of drug-likeness (QED) is 0.616. The van der Waals surface area contributed by atoms with Gasteiger partial charge in [0.1, 0.15) is 6.04 Å². The van der Waals surface area contributed by atoms with Gasteiger partial charge in [-0.15, -0.1) is 0 Å². The molecule has 0 bridgehead atoms. The fraction of sp³-hybridized carbons (Fsp3) is 0.833. The van der Waals surface area contributed by atoms with Crippen molar-refractivity contribution in [3.63, 3.8) is 0 Å². The van der Waals surface area contributed by atoms with Gasteiger partial charge in [0, 0.05) is 32.7 Å². The van der Waals surface area contributed by atoms with Gasteiger partial charge in [-0.05, 0) is 6.42 Å². The predicted molar refractivity (Wildman–Crippen MR) is 75.7 cm³/mol. The molecular formula is C12H21N3O5S. The average molecular weight is 319 g/mol. The molecule has 0 aliphatic carbocycles. The number of sulfone groups is 1. The molecule has 8 nitrogen and oxygen atoms in total. The van der Waals surface area contributed by atoms with Crippen LogP contribution in [-0.2, 0) is 19.4 Å². The summed E-state index contributed by atoms with van der Waals surface area (Å²) >= 11 is 0. The number of nitrogens with zero attached hydrogens (tertiary/aromatic N) is 2. The lowest BCUT2D eigenvalue weighted by Gasteiger charge is -2.34. The number of hydrogen-bond donors (Lipinski definition) is 2. The number of hydrogen-bond acceptors (Lipinski definition) is 6. The van der Waals surface area contributed by atoms with Crippen LogP contribution in [0, 0.1) is 0 Å². The summed E-state index contributed by atoms with van der Waals surface area (Å²) in [6, 6.07) is -1.02. The summed E-state index contributed by atoms with van der Waals surface area (Å²) in [7, 11) is -1.45. The molecule has 2 atom stereocenters. The van der Waals surface area contributed by atoms with E-state index in [9.17, 15) is 18.0 Å². The Bertz CT molecular complexity index is 521. The molecule has 2 N–H and O–H groups in total. The molecule has 1 amide bonds. The second-order valence-electron chi connectivity index (χ2n) is 5.59. The van der Waals surface area contributed by atoms with E-state index >= 15 is 0 Å². The van der Waals surface area contributed by atoms with Gasteiger partial charge in [-0.2, -0.15) is 0 Å². The van der Waals surface area contributed by atoms with E-state index in [1.165, 1.54) is 4.90 Å². The van der Waals surface area contributed by atoms with E-state index in [-0.39, 0.29) is 30.0 Å². The molecule has 0 aromatic heterocycles. The number of carbonyl (C=O) groups is 2. The summed E-state index contributed by atoms with van der Waals surface area (Å²) in [4.78, 5) is 26.5. The first-order valence-electron chi connectivity index (χ1n) is 6.94. The number of aliphatic carboxylic acids is 1. The number of carboxylic acid groups (broad SMARTS) is 1. The first kappa shape index (κ1) is 16.2. The zero-order valence-corrected chi connectivity index (χ0v) is 12.8. The van der Waals surface area contributed by atoms with Gasteiger partial charge < -0.3 is 15.3 Å². The lowest BCUT2D eigenvalue weighted by molar-refractivity contribution is -0.145. The highest BCUT2D eigenvalue weighted by atomic mass is 32.2. The SMILES string of the molecule is CN(C(=O)CN1CCNCC1C(=O)O)C1CCS(=O)(=O)C1. The summed E-state index contributed by atoms with van der Waals surface area (Å²) in [6.07, 6.45) is 0.453. The molecular weight excluding hydrogens is 298 g/mol. The van der Waals surface area contributed by atoms with Crippen LogP contribution in [0.1, 0.15) is 6.42 Å². The van der Waals surface area contributed by atoms with E-state index in [1.807, 2.05) is 0 Å². The molecule has 2 rings (SSSR count). The average Bonchev–Trinajstić information content (AvgIpc) is 2.78. The second-order valence-corrected chi connectivity index (χ2v) is 7.82. The Morgan fingerprint density at radius 1 is 1.43 bits per heavy atom. The van der Waals surface area contributed by atoms with Crippen LogP contribution in [0.25, 0.3) is 0 Å². The number of likely N-dealkylation sites (N-methyl/N-ethyl adjacent to an activating group) is 1. The molecule has 2 aliphatic rings.